The highest BCUT2D eigenvalue weighted by Crippen LogP contribution is 2.45. The van der Waals surface area contributed by atoms with E-state index in [0.717, 1.165) is 10.3 Å². The van der Waals surface area contributed by atoms with Crippen molar-refractivity contribution < 1.29 is 23.8 Å². The molecule has 0 spiro atoms. The molecule has 1 atom stereocenters. The molecule has 5 aromatic rings. The number of aromatic nitrogens is 3. The topological polar surface area (TPSA) is 97.0 Å². The predicted octanol–water partition coefficient (Wildman–Crippen LogP) is 5.33. The maximum absolute atomic E-state index is 13.8. The number of ketones is 1. The summed E-state index contributed by atoms with van der Waals surface area (Å²) in [6.07, 6.45) is 1.81. The molecule has 1 saturated heterocycles. The van der Waals surface area contributed by atoms with Crippen LogP contribution in [0.25, 0.3) is 21.6 Å². The van der Waals surface area contributed by atoms with Crippen molar-refractivity contribution in [1.82, 2.24) is 14.4 Å². The number of carbonyl (C=O) groups excluding carboxylic acids is 2. The maximum atomic E-state index is 13.8. The van der Waals surface area contributed by atoms with Gasteiger partial charge in [0.2, 0.25) is 0 Å². The number of Topliss-reactive ketones (excluding diaryl/α,β-unsaturated/α-hetero) is 1. The van der Waals surface area contributed by atoms with Gasteiger partial charge in [-0.15, -0.1) is 0 Å². The second-order valence-electron chi connectivity index (χ2n) is 8.98. The Labute approximate surface area is 220 Å². The Bertz CT molecular complexity index is 1810. The van der Waals surface area contributed by atoms with Gasteiger partial charge in [0.25, 0.3) is 5.78 Å². The minimum Gasteiger partial charge on any atom is -0.505 e. The van der Waals surface area contributed by atoms with Gasteiger partial charge in [0, 0.05) is 6.20 Å². The van der Waals surface area contributed by atoms with Crippen molar-refractivity contribution in [1.29, 1.82) is 0 Å². The van der Waals surface area contributed by atoms with Gasteiger partial charge in [0.15, 0.2) is 10.9 Å². The van der Waals surface area contributed by atoms with Crippen molar-refractivity contribution in [2.75, 3.05) is 12.0 Å². The Kier molecular flexibility index (Phi) is 5.50. The number of hydrogen-bond acceptors (Lipinski definition) is 7. The number of methoxy groups -OCH3 is 1. The highest BCUT2D eigenvalue weighted by Gasteiger charge is 2.48. The summed E-state index contributed by atoms with van der Waals surface area (Å²) in [5.74, 6) is -1.96. The number of rotatable bonds is 4. The van der Waals surface area contributed by atoms with Crippen LogP contribution in [0.3, 0.4) is 0 Å². The van der Waals surface area contributed by atoms with Gasteiger partial charge in [0.05, 0.1) is 34.6 Å². The van der Waals surface area contributed by atoms with Gasteiger partial charge in [-0.3, -0.25) is 14.5 Å². The molecule has 8 nitrogen and oxygen atoms in total. The molecule has 6 rings (SSSR count). The van der Waals surface area contributed by atoms with Crippen molar-refractivity contribution in [3.05, 3.63) is 94.7 Å². The van der Waals surface area contributed by atoms with Crippen LogP contribution in [-0.4, -0.2) is 38.3 Å². The summed E-state index contributed by atoms with van der Waals surface area (Å²) < 4.78 is 21.7. The van der Waals surface area contributed by atoms with Crippen LogP contribution < -0.4 is 9.64 Å². The Balaban J connectivity index is 1.58. The average molecular weight is 529 g/mol. The highest BCUT2D eigenvalue weighted by atomic mass is 32.1. The van der Waals surface area contributed by atoms with Crippen LogP contribution in [-0.2, 0) is 9.59 Å². The molecule has 0 saturated carbocycles. The van der Waals surface area contributed by atoms with Crippen LogP contribution in [0.2, 0.25) is 0 Å². The number of aliphatic hydroxyl groups excluding tert-OH is 1. The molecule has 1 aliphatic rings. The number of carbonyl (C=O) groups is 2. The lowest BCUT2D eigenvalue weighted by Crippen LogP contribution is -2.29. The minimum absolute atomic E-state index is 0.136. The Morgan fingerprint density at radius 3 is 2.55 bits per heavy atom. The highest BCUT2D eigenvalue weighted by molar-refractivity contribution is 7.22. The Morgan fingerprint density at radius 1 is 1.08 bits per heavy atom. The van der Waals surface area contributed by atoms with E-state index < -0.39 is 29.3 Å². The van der Waals surface area contributed by atoms with Crippen LogP contribution in [0, 0.1) is 19.7 Å². The van der Waals surface area contributed by atoms with E-state index in [9.17, 15) is 19.1 Å². The number of halogens is 1. The van der Waals surface area contributed by atoms with Crippen LogP contribution in [0.5, 0.6) is 5.75 Å². The third-order valence-corrected chi connectivity index (χ3v) is 7.75. The van der Waals surface area contributed by atoms with E-state index in [2.05, 4.69) is 9.97 Å². The molecule has 1 fully saturated rings. The summed E-state index contributed by atoms with van der Waals surface area (Å²) in [5, 5.41) is 11.8. The summed E-state index contributed by atoms with van der Waals surface area (Å²) >= 11 is 1.21. The second kappa shape index (κ2) is 8.77. The van der Waals surface area contributed by atoms with E-state index in [-0.39, 0.29) is 16.4 Å². The fourth-order valence-electron chi connectivity index (χ4n) is 4.79. The normalized spacial score (nSPS) is 17.2. The van der Waals surface area contributed by atoms with Crippen LogP contribution in [0.4, 0.5) is 9.52 Å². The monoisotopic (exact) mass is 528 g/mol. The van der Waals surface area contributed by atoms with E-state index in [1.807, 2.05) is 29.7 Å². The molecule has 0 radical (unpaired) electrons. The molecule has 1 unspecified atom stereocenters. The number of ether oxygens (including phenoxy) is 1. The molecule has 38 heavy (non-hydrogen) atoms. The van der Waals surface area contributed by atoms with Gasteiger partial charge in [-0.05, 0) is 61.4 Å². The number of benzene rings is 2. The minimum atomic E-state index is -1.04. The first-order valence-electron chi connectivity index (χ1n) is 11.7. The third kappa shape index (κ3) is 3.56. The smallest absolute Gasteiger partial charge is 0.301 e. The third-order valence-electron chi connectivity index (χ3n) is 6.73. The summed E-state index contributed by atoms with van der Waals surface area (Å²) in [7, 11) is 1.55. The first-order valence-corrected chi connectivity index (χ1v) is 12.6. The number of amides is 1. The lowest BCUT2D eigenvalue weighted by molar-refractivity contribution is -0.132. The molecule has 0 bridgehead atoms. The van der Waals surface area contributed by atoms with E-state index in [4.69, 9.17) is 4.74 Å². The fraction of sp³-hybridized carbons (Fsp3) is 0.143. The molecule has 190 valence electrons. The lowest BCUT2D eigenvalue weighted by Gasteiger charge is -2.22. The number of pyridine rings is 1. The van der Waals surface area contributed by atoms with Gasteiger partial charge >= 0.3 is 5.91 Å². The summed E-state index contributed by atoms with van der Waals surface area (Å²) in [4.78, 5) is 37.4. The standard InChI is InChI=1S/C28H21FN4O4S/c1-14-5-4-12-32-15(2)22(31-26(14)32)24(34)21-23(16-6-8-17(29)9-7-16)33(27(36)25(21)35)28-30-19-11-10-18(37-3)13-20(19)38-28/h4-13,23,34H,1-3H3. The fourth-order valence-corrected chi connectivity index (χ4v) is 5.81. The maximum Gasteiger partial charge on any atom is 0.301 e. The number of aryl methyl sites for hydroxylation is 2. The first kappa shape index (κ1) is 23.8. The average Bonchev–Trinajstić information content (AvgIpc) is 3.56. The molecule has 2 aromatic carbocycles. The zero-order valence-corrected chi connectivity index (χ0v) is 21.4. The van der Waals surface area contributed by atoms with Gasteiger partial charge < -0.3 is 14.2 Å². The number of nitrogens with zero attached hydrogens (tertiary/aromatic N) is 4. The van der Waals surface area contributed by atoms with E-state index >= 15 is 0 Å². The molecule has 1 amide bonds. The van der Waals surface area contributed by atoms with Gasteiger partial charge in [-0.2, -0.15) is 0 Å². The quantitative estimate of drug-likeness (QED) is 0.192. The first-order chi connectivity index (χ1) is 18.3. The van der Waals surface area contributed by atoms with Crippen molar-refractivity contribution >= 4 is 49.8 Å². The second-order valence-corrected chi connectivity index (χ2v) is 9.99. The van der Waals surface area contributed by atoms with Gasteiger partial charge in [0.1, 0.15) is 22.9 Å². The largest absolute Gasteiger partial charge is 0.505 e. The zero-order valence-electron chi connectivity index (χ0n) is 20.6. The molecular weight excluding hydrogens is 507 g/mol. The van der Waals surface area contributed by atoms with Crippen LogP contribution in [0.1, 0.15) is 28.6 Å². The number of anilines is 1. The van der Waals surface area contributed by atoms with Crippen molar-refractivity contribution in [3.8, 4) is 5.75 Å². The van der Waals surface area contributed by atoms with Crippen LogP contribution in [0.15, 0.2) is 66.4 Å². The molecule has 10 heteroatoms. The van der Waals surface area contributed by atoms with Gasteiger partial charge in [-0.25, -0.2) is 14.4 Å². The zero-order chi connectivity index (χ0) is 26.7. The molecule has 1 N–H and O–H groups in total. The van der Waals surface area contributed by atoms with Crippen molar-refractivity contribution in [2.45, 2.75) is 19.9 Å². The molecule has 4 heterocycles. The van der Waals surface area contributed by atoms with E-state index in [0.29, 0.717) is 28.2 Å². The summed E-state index contributed by atoms with van der Waals surface area (Å²) in [6, 6.07) is 13.5. The number of hydrogen-bond donors (Lipinski definition) is 1. The molecule has 0 aliphatic carbocycles. The van der Waals surface area contributed by atoms with Crippen molar-refractivity contribution in [3.63, 3.8) is 0 Å². The van der Waals surface area contributed by atoms with E-state index in [1.165, 1.54) is 40.5 Å². The molecule has 1 aliphatic heterocycles. The predicted molar refractivity (Wildman–Crippen MR) is 142 cm³/mol. The molecule has 3 aromatic heterocycles. The number of thiazole rings is 1. The van der Waals surface area contributed by atoms with Crippen molar-refractivity contribution in [2.24, 2.45) is 0 Å². The molecular formula is C28H21FN4O4S. The SMILES string of the molecule is COc1ccc2nc(N3C(=O)C(=O)C(=C(O)c4nc5c(C)cccn5c4C)C3c3ccc(F)cc3)sc2c1. The number of fused-ring (bicyclic) bond motifs is 2. The summed E-state index contributed by atoms with van der Waals surface area (Å²) in [6.45, 7) is 3.67. The number of imidazole rings is 1. The number of aliphatic hydroxyl groups is 1. The Morgan fingerprint density at radius 2 is 1.84 bits per heavy atom. The lowest BCUT2D eigenvalue weighted by atomic mass is 9.96. The van der Waals surface area contributed by atoms with E-state index in [1.54, 1.807) is 32.2 Å². The Hall–Kier alpha value is -4.57. The summed E-state index contributed by atoms with van der Waals surface area (Å²) in [5.41, 5.74) is 3.24. The van der Waals surface area contributed by atoms with Crippen LogP contribution >= 0.6 is 11.3 Å². The van der Waals surface area contributed by atoms with Gasteiger partial charge in [-0.1, -0.05) is 29.5 Å².